The third kappa shape index (κ3) is 2.07. The Labute approximate surface area is 78.8 Å². The van der Waals surface area contributed by atoms with Crippen molar-refractivity contribution in [2.45, 2.75) is 19.4 Å². The topological polar surface area (TPSA) is 33.0 Å². The molecular formula is C11H13NO. The first kappa shape index (κ1) is 9.76. The molecular weight excluding hydrogens is 162 g/mol. The number of nitriles is 1. The fraction of sp³-hybridized carbons (Fsp3) is 0.364. The fourth-order valence-electron chi connectivity index (χ4n) is 1.23. The number of hydrogen-bond donors (Lipinski definition) is 0. The molecule has 0 saturated heterocycles. The van der Waals surface area contributed by atoms with Gasteiger partial charge < -0.3 is 4.74 Å². The lowest BCUT2D eigenvalue weighted by atomic mass is 9.98. The Bertz CT molecular complexity index is 302. The van der Waals surface area contributed by atoms with E-state index in [0.29, 0.717) is 6.61 Å². The van der Waals surface area contributed by atoms with E-state index in [9.17, 15) is 0 Å². The molecule has 0 saturated carbocycles. The van der Waals surface area contributed by atoms with Gasteiger partial charge in [-0.25, -0.2) is 0 Å². The van der Waals surface area contributed by atoms with Gasteiger partial charge in [-0.3, -0.25) is 0 Å². The maximum absolute atomic E-state index is 8.99. The van der Waals surface area contributed by atoms with Crippen LogP contribution in [0.1, 0.15) is 19.4 Å². The third-order valence-corrected chi connectivity index (χ3v) is 1.97. The van der Waals surface area contributed by atoms with Crippen molar-refractivity contribution in [3.8, 4) is 6.07 Å². The van der Waals surface area contributed by atoms with Gasteiger partial charge in [-0.15, -0.1) is 0 Å². The van der Waals surface area contributed by atoms with Crippen LogP contribution in [0.3, 0.4) is 0 Å². The van der Waals surface area contributed by atoms with Gasteiger partial charge in [0.1, 0.15) is 6.07 Å². The molecule has 0 bridgehead atoms. The standard InChI is InChI=1S/C11H13NO/c1-3-13-11(2,9-12)10-7-5-4-6-8-10/h4-8H,3H2,1-2H3/t11-/m1/s1. The molecule has 0 aromatic heterocycles. The second-order valence-electron chi connectivity index (χ2n) is 2.94. The van der Waals surface area contributed by atoms with Gasteiger partial charge in [-0.05, 0) is 19.4 Å². The number of rotatable bonds is 3. The summed E-state index contributed by atoms with van der Waals surface area (Å²) in [6.07, 6.45) is 0. The third-order valence-electron chi connectivity index (χ3n) is 1.97. The minimum atomic E-state index is -0.810. The van der Waals surface area contributed by atoms with E-state index in [-0.39, 0.29) is 0 Å². The van der Waals surface area contributed by atoms with E-state index in [1.165, 1.54) is 0 Å². The van der Waals surface area contributed by atoms with Crippen LogP contribution < -0.4 is 0 Å². The number of ether oxygens (including phenoxy) is 1. The van der Waals surface area contributed by atoms with E-state index >= 15 is 0 Å². The predicted molar refractivity (Wildman–Crippen MR) is 51.0 cm³/mol. The predicted octanol–water partition coefficient (Wildman–Crippen LogP) is 2.46. The average molecular weight is 175 g/mol. The Morgan fingerprint density at radius 3 is 2.46 bits per heavy atom. The first-order chi connectivity index (χ1) is 6.23. The molecule has 0 aliphatic rings. The van der Waals surface area contributed by atoms with Gasteiger partial charge in [0, 0.05) is 6.61 Å². The normalized spacial score (nSPS) is 14.5. The Hall–Kier alpha value is -1.33. The van der Waals surface area contributed by atoms with Crippen molar-refractivity contribution < 1.29 is 4.74 Å². The van der Waals surface area contributed by atoms with E-state index in [4.69, 9.17) is 10.00 Å². The summed E-state index contributed by atoms with van der Waals surface area (Å²) >= 11 is 0. The summed E-state index contributed by atoms with van der Waals surface area (Å²) in [5.74, 6) is 0. The average Bonchev–Trinajstić information content (AvgIpc) is 2.19. The minimum Gasteiger partial charge on any atom is -0.356 e. The second kappa shape index (κ2) is 4.06. The van der Waals surface area contributed by atoms with Crippen LogP contribution in [0.2, 0.25) is 0 Å². The van der Waals surface area contributed by atoms with E-state index in [2.05, 4.69) is 6.07 Å². The number of nitrogens with zero attached hydrogens (tertiary/aromatic N) is 1. The monoisotopic (exact) mass is 175 g/mol. The summed E-state index contributed by atoms with van der Waals surface area (Å²) in [5, 5.41) is 8.99. The largest absolute Gasteiger partial charge is 0.356 e. The lowest BCUT2D eigenvalue weighted by molar-refractivity contribution is 0.0167. The van der Waals surface area contributed by atoms with Gasteiger partial charge in [-0.1, -0.05) is 30.3 Å². The minimum absolute atomic E-state index is 0.541. The molecule has 0 N–H and O–H groups in total. The fourth-order valence-corrected chi connectivity index (χ4v) is 1.23. The van der Waals surface area contributed by atoms with E-state index in [0.717, 1.165) is 5.56 Å². The molecule has 0 aliphatic heterocycles. The van der Waals surface area contributed by atoms with Crippen molar-refractivity contribution >= 4 is 0 Å². The zero-order chi connectivity index (χ0) is 9.73. The SMILES string of the molecule is CCO[C@](C)(C#N)c1ccccc1. The molecule has 13 heavy (non-hydrogen) atoms. The van der Waals surface area contributed by atoms with Crippen molar-refractivity contribution in [1.29, 1.82) is 5.26 Å². The zero-order valence-corrected chi connectivity index (χ0v) is 7.95. The molecule has 0 amide bonds. The van der Waals surface area contributed by atoms with Crippen molar-refractivity contribution in [3.63, 3.8) is 0 Å². The Morgan fingerprint density at radius 2 is 2.00 bits per heavy atom. The first-order valence-corrected chi connectivity index (χ1v) is 4.33. The van der Waals surface area contributed by atoms with Crippen LogP contribution >= 0.6 is 0 Å². The van der Waals surface area contributed by atoms with Crippen LogP contribution in [-0.2, 0) is 10.3 Å². The van der Waals surface area contributed by atoms with E-state index < -0.39 is 5.60 Å². The zero-order valence-electron chi connectivity index (χ0n) is 7.95. The van der Waals surface area contributed by atoms with Crippen LogP contribution in [0.15, 0.2) is 30.3 Å². The van der Waals surface area contributed by atoms with Gasteiger partial charge in [0.2, 0.25) is 0 Å². The first-order valence-electron chi connectivity index (χ1n) is 4.33. The van der Waals surface area contributed by atoms with Crippen LogP contribution in [0.5, 0.6) is 0 Å². The summed E-state index contributed by atoms with van der Waals surface area (Å²) < 4.78 is 5.40. The van der Waals surface area contributed by atoms with Crippen LogP contribution in [0.4, 0.5) is 0 Å². The van der Waals surface area contributed by atoms with Gasteiger partial charge in [-0.2, -0.15) is 5.26 Å². The molecule has 0 fully saturated rings. The van der Waals surface area contributed by atoms with Gasteiger partial charge in [0.25, 0.3) is 0 Å². The molecule has 1 atom stereocenters. The highest BCUT2D eigenvalue weighted by Gasteiger charge is 2.25. The molecule has 1 aromatic rings. The highest BCUT2D eigenvalue weighted by molar-refractivity contribution is 5.27. The Balaban J connectivity index is 2.98. The van der Waals surface area contributed by atoms with Crippen molar-refractivity contribution in [3.05, 3.63) is 35.9 Å². The highest BCUT2D eigenvalue weighted by atomic mass is 16.5. The van der Waals surface area contributed by atoms with Crippen molar-refractivity contribution in [1.82, 2.24) is 0 Å². The molecule has 1 rings (SSSR count). The molecule has 1 aromatic carbocycles. The van der Waals surface area contributed by atoms with Crippen molar-refractivity contribution in [2.24, 2.45) is 0 Å². The van der Waals surface area contributed by atoms with Gasteiger partial charge >= 0.3 is 0 Å². The molecule has 68 valence electrons. The lowest BCUT2D eigenvalue weighted by Gasteiger charge is -2.21. The number of benzene rings is 1. The molecule has 0 radical (unpaired) electrons. The van der Waals surface area contributed by atoms with Crippen LogP contribution in [-0.4, -0.2) is 6.61 Å². The molecule has 0 heterocycles. The van der Waals surface area contributed by atoms with Crippen molar-refractivity contribution in [2.75, 3.05) is 6.61 Å². The molecule has 0 spiro atoms. The quantitative estimate of drug-likeness (QED) is 0.707. The molecule has 0 unspecified atom stereocenters. The molecule has 0 aliphatic carbocycles. The molecule has 2 nitrogen and oxygen atoms in total. The van der Waals surface area contributed by atoms with E-state index in [1.807, 2.05) is 37.3 Å². The molecule has 2 heteroatoms. The summed E-state index contributed by atoms with van der Waals surface area (Å²) in [4.78, 5) is 0. The summed E-state index contributed by atoms with van der Waals surface area (Å²) in [6.45, 7) is 4.21. The van der Waals surface area contributed by atoms with Gasteiger partial charge in [0.05, 0.1) is 0 Å². The Kier molecular flexibility index (Phi) is 3.05. The smallest absolute Gasteiger partial charge is 0.176 e. The summed E-state index contributed by atoms with van der Waals surface area (Å²) in [7, 11) is 0. The maximum Gasteiger partial charge on any atom is 0.176 e. The van der Waals surface area contributed by atoms with E-state index in [1.54, 1.807) is 6.92 Å². The highest BCUT2D eigenvalue weighted by Crippen LogP contribution is 2.23. The Morgan fingerprint density at radius 1 is 1.38 bits per heavy atom. The van der Waals surface area contributed by atoms with Crippen LogP contribution in [0.25, 0.3) is 0 Å². The maximum atomic E-state index is 8.99. The summed E-state index contributed by atoms with van der Waals surface area (Å²) in [6, 6.07) is 11.7. The second-order valence-corrected chi connectivity index (χ2v) is 2.94. The lowest BCUT2D eigenvalue weighted by Crippen LogP contribution is -2.23. The van der Waals surface area contributed by atoms with Gasteiger partial charge in [0.15, 0.2) is 5.60 Å². The summed E-state index contributed by atoms with van der Waals surface area (Å²) in [5.41, 5.74) is 0.0927. The number of hydrogen-bond acceptors (Lipinski definition) is 2. The van der Waals surface area contributed by atoms with Crippen LogP contribution in [0, 0.1) is 11.3 Å².